The van der Waals surface area contributed by atoms with Gasteiger partial charge in [-0.3, -0.25) is 19.2 Å². The molecule has 0 bridgehead atoms. The van der Waals surface area contributed by atoms with Gasteiger partial charge in [-0.05, 0) is 141 Å². The first-order valence-electron chi connectivity index (χ1n) is 30.8. The van der Waals surface area contributed by atoms with Crippen LogP contribution in [0, 0.1) is 0 Å². The summed E-state index contributed by atoms with van der Waals surface area (Å²) in [5, 5.41) is 12.6. The summed E-state index contributed by atoms with van der Waals surface area (Å²) >= 11 is 0. The van der Waals surface area contributed by atoms with E-state index < -0.39 is 11.9 Å². The van der Waals surface area contributed by atoms with Crippen LogP contribution in [0.2, 0.25) is 0 Å². The lowest BCUT2D eigenvalue weighted by atomic mass is 9.81. The number of aromatic hydroxyl groups is 1. The van der Waals surface area contributed by atoms with Crippen molar-refractivity contribution in [2.24, 2.45) is 0 Å². The molecular formula is C69H76N6O10. The van der Waals surface area contributed by atoms with E-state index in [4.69, 9.17) is 14.2 Å². The van der Waals surface area contributed by atoms with Gasteiger partial charge in [-0.1, -0.05) is 81.0 Å². The Morgan fingerprint density at radius 2 is 0.953 bits per heavy atom. The quantitative estimate of drug-likeness (QED) is 0.123. The van der Waals surface area contributed by atoms with Gasteiger partial charge in [0.2, 0.25) is 23.6 Å². The van der Waals surface area contributed by atoms with Gasteiger partial charge < -0.3 is 48.1 Å². The normalized spacial score (nSPS) is 17.4. The van der Waals surface area contributed by atoms with Gasteiger partial charge in [0, 0.05) is 60.2 Å². The lowest BCUT2D eigenvalue weighted by Gasteiger charge is -2.30. The van der Waals surface area contributed by atoms with Crippen molar-refractivity contribution in [3.63, 3.8) is 0 Å². The number of piperidine rings is 2. The minimum atomic E-state index is -0.425. The maximum Gasteiger partial charge on any atom is 0.337 e. The fourth-order valence-corrected chi connectivity index (χ4v) is 14.3. The van der Waals surface area contributed by atoms with E-state index in [1.54, 1.807) is 28.0 Å². The molecule has 85 heavy (non-hydrogen) atoms. The minimum Gasteiger partial charge on any atom is -0.508 e. The summed E-state index contributed by atoms with van der Waals surface area (Å²) in [7, 11) is 2.75. The summed E-state index contributed by atoms with van der Waals surface area (Å²) in [6.07, 6.45) is 17.5. The van der Waals surface area contributed by atoms with E-state index in [1.807, 2.05) is 99.3 Å². The fraction of sp³-hybridized carbons (Fsp3) is 0.420. The zero-order chi connectivity index (χ0) is 58.7. The molecule has 442 valence electrons. The number of benzene rings is 5. The molecule has 16 nitrogen and oxygen atoms in total. The Labute approximate surface area is 496 Å². The van der Waals surface area contributed by atoms with Crippen LogP contribution in [0.25, 0.3) is 44.3 Å². The number of likely N-dealkylation sites (tertiary alicyclic amines) is 2. The summed E-state index contributed by atoms with van der Waals surface area (Å²) in [6, 6.07) is 32.3. The topological polar surface area (TPSA) is 173 Å². The molecule has 6 aliphatic rings. The highest BCUT2D eigenvalue weighted by molar-refractivity contribution is 6.09. The van der Waals surface area contributed by atoms with Crippen molar-refractivity contribution in [1.29, 1.82) is 0 Å². The molecule has 2 aliphatic carbocycles. The lowest BCUT2D eigenvalue weighted by Crippen LogP contribution is -2.45. The third kappa shape index (κ3) is 11.5. The van der Waals surface area contributed by atoms with Gasteiger partial charge in [-0.15, -0.1) is 0 Å². The molecular weight excluding hydrogens is 1070 g/mol. The molecule has 13 rings (SSSR count). The van der Waals surface area contributed by atoms with E-state index in [9.17, 15) is 33.9 Å². The number of anilines is 2. The van der Waals surface area contributed by atoms with Gasteiger partial charge in [-0.2, -0.15) is 0 Å². The number of methoxy groups -OCH3 is 2. The maximum absolute atomic E-state index is 14.4. The number of hydrogen-bond donors (Lipinski definition) is 1. The van der Waals surface area contributed by atoms with Gasteiger partial charge in [0.1, 0.15) is 44.3 Å². The van der Waals surface area contributed by atoms with Crippen LogP contribution >= 0.6 is 0 Å². The highest BCUT2D eigenvalue weighted by Crippen LogP contribution is 2.50. The Balaban J connectivity index is 0.000000169. The van der Waals surface area contributed by atoms with Crippen molar-refractivity contribution in [3.8, 4) is 34.0 Å². The van der Waals surface area contributed by atoms with E-state index in [-0.39, 0.29) is 55.6 Å². The largest absolute Gasteiger partial charge is 0.508 e. The molecule has 2 saturated carbocycles. The number of carbonyl (C=O) groups excluding carboxylic acids is 6. The van der Waals surface area contributed by atoms with Crippen LogP contribution in [0.4, 0.5) is 11.4 Å². The number of amides is 4. The van der Waals surface area contributed by atoms with E-state index in [2.05, 4.69) is 4.57 Å². The van der Waals surface area contributed by atoms with Crippen LogP contribution in [0.3, 0.4) is 0 Å². The van der Waals surface area contributed by atoms with Crippen LogP contribution in [-0.4, -0.2) is 113 Å². The van der Waals surface area contributed by atoms with Crippen molar-refractivity contribution < 1.29 is 48.1 Å². The number of phenolic OH excluding ortho intramolecular Hbond substituents is 1. The third-order valence-electron chi connectivity index (χ3n) is 18.6. The van der Waals surface area contributed by atoms with Crippen molar-refractivity contribution in [2.75, 3.05) is 63.3 Å². The Morgan fingerprint density at radius 3 is 1.42 bits per heavy atom. The summed E-state index contributed by atoms with van der Waals surface area (Å²) in [5.74, 6) is 0.00570. The fourth-order valence-electron chi connectivity index (χ4n) is 14.3. The molecule has 4 fully saturated rings. The first-order valence-corrected chi connectivity index (χ1v) is 30.8. The number of phenols is 1. The molecule has 16 heteroatoms. The van der Waals surface area contributed by atoms with Gasteiger partial charge >= 0.3 is 11.9 Å². The average molecular weight is 1150 g/mol. The van der Waals surface area contributed by atoms with E-state index in [1.165, 1.54) is 38.2 Å². The van der Waals surface area contributed by atoms with E-state index in [0.29, 0.717) is 59.8 Å². The second-order valence-electron chi connectivity index (χ2n) is 23.8. The van der Waals surface area contributed by atoms with Crippen LogP contribution in [0.1, 0.15) is 152 Å². The summed E-state index contributed by atoms with van der Waals surface area (Å²) < 4.78 is 20.4. The number of fused-ring (bicyclic) bond motifs is 10. The lowest BCUT2D eigenvalue weighted by molar-refractivity contribution is -0.132. The zero-order valence-corrected chi connectivity index (χ0v) is 49.0. The highest BCUT2D eigenvalue weighted by Gasteiger charge is 2.38. The summed E-state index contributed by atoms with van der Waals surface area (Å²) in [5.41, 5.74) is 10.9. The Hall–Kier alpha value is -8.40. The maximum atomic E-state index is 14.4. The van der Waals surface area contributed by atoms with Gasteiger partial charge in [0.05, 0.1) is 59.1 Å². The Kier molecular flexibility index (Phi) is 16.8. The molecule has 0 radical (unpaired) electrons. The van der Waals surface area contributed by atoms with Crippen LogP contribution in [0.15, 0.2) is 103 Å². The standard InChI is InChI=1S/C38H41N3O5.C31H35N3O5/c1-45-38(44)28-15-17-30-32(21-28)41-24-35(43)40(23-34(42)39-19-9-4-10-20-39)33-22-29(46-25-26-11-5-2-6-12-26)16-18-31(33)37(41)36(30)27-13-7-3-8-14-27;1-39-31(38)21-10-12-23-25(16-21)34-19-28(37)33(18-27(36)32-14-6-3-7-15-32)26-17-22(35)11-13-24(26)30(34)29(23)20-8-4-2-5-9-20/h2,5-6,11-12,15-18,21-22,27H,3-4,7-10,13-14,19-20,23-25H2,1H3;10-13,16-17,20,35H,2-9,14-15,18-19H2,1H3. The molecule has 0 spiro atoms. The smallest absolute Gasteiger partial charge is 0.337 e. The second-order valence-corrected chi connectivity index (χ2v) is 23.8. The first kappa shape index (κ1) is 57.1. The van der Waals surface area contributed by atoms with E-state index in [0.717, 1.165) is 153 Å². The number of nitrogens with zero attached hydrogens (tertiary/aromatic N) is 6. The van der Waals surface area contributed by atoms with Crippen molar-refractivity contribution in [3.05, 3.63) is 131 Å². The molecule has 4 aliphatic heterocycles. The van der Waals surface area contributed by atoms with E-state index >= 15 is 0 Å². The number of ether oxygens (including phenoxy) is 3. The molecule has 2 saturated heterocycles. The number of rotatable bonds is 11. The van der Waals surface area contributed by atoms with Gasteiger partial charge in [-0.25, -0.2) is 9.59 Å². The summed E-state index contributed by atoms with van der Waals surface area (Å²) in [4.78, 5) is 87.3. The number of hydrogen-bond acceptors (Lipinski definition) is 10. The summed E-state index contributed by atoms with van der Waals surface area (Å²) in [6.45, 7) is 3.26. The Morgan fingerprint density at radius 1 is 0.506 bits per heavy atom. The van der Waals surface area contributed by atoms with Crippen molar-refractivity contribution in [1.82, 2.24) is 18.9 Å². The molecule has 5 aromatic carbocycles. The molecule has 1 N–H and O–H groups in total. The SMILES string of the molecule is COC(=O)c1ccc2c(C3CCCCC3)c3n(c2c1)CC(=O)N(CC(=O)N1CCCCC1)c1cc(O)ccc1-3.COC(=O)c1ccc2c(C3CCCCC3)c3n(c2c1)CC(=O)N(CC(=O)N1CCCCC1)c1cc(OCc2ccccc2)ccc1-3. The molecule has 4 amide bonds. The molecule has 7 aromatic rings. The van der Waals surface area contributed by atoms with Gasteiger partial charge in [0.15, 0.2) is 0 Å². The van der Waals surface area contributed by atoms with Crippen molar-refractivity contribution in [2.45, 2.75) is 134 Å². The Bertz CT molecular complexity index is 3690. The van der Waals surface area contributed by atoms with Crippen molar-refractivity contribution >= 4 is 68.7 Å². The van der Waals surface area contributed by atoms with Crippen LogP contribution in [0.5, 0.6) is 11.5 Å². The van der Waals surface area contributed by atoms with Gasteiger partial charge in [0.25, 0.3) is 0 Å². The minimum absolute atomic E-state index is 0.0249. The third-order valence-corrected chi connectivity index (χ3v) is 18.6. The molecule has 6 heterocycles. The molecule has 0 atom stereocenters. The predicted octanol–water partition coefficient (Wildman–Crippen LogP) is 12.3. The highest BCUT2D eigenvalue weighted by atomic mass is 16.5. The number of aromatic nitrogens is 2. The number of carbonyl (C=O) groups is 6. The second kappa shape index (κ2) is 25.0. The average Bonchev–Trinajstić information content (AvgIpc) is 1.72. The first-order chi connectivity index (χ1) is 41.5. The molecule has 0 unspecified atom stereocenters. The monoisotopic (exact) mass is 1150 g/mol. The van der Waals surface area contributed by atoms with Crippen LogP contribution < -0.4 is 14.5 Å². The predicted molar refractivity (Wildman–Crippen MR) is 327 cm³/mol. The van der Waals surface area contributed by atoms with Crippen LogP contribution in [-0.2, 0) is 48.3 Å². The molecule has 2 aromatic heterocycles. The number of esters is 2. The zero-order valence-electron chi connectivity index (χ0n) is 49.0.